The molecule has 0 aromatic rings. The summed E-state index contributed by atoms with van der Waals surface area (Å²) in [5.74, 6) is 6.68. The third-order valence-corrected chi connectivity index (χ3v) is 14.3. The van der Waals surface area contributed by atoms with Crippen LogP contribution in [0, 0.1) is 53.3 Å². The van der Waals surface area contributed by atoms with Gasteiger partial charge in [0.2, 0.25) is 0 Å². The number of thiol groups is 1. The van der Waals surface area contributed by atoms with Crippen molar-refractivity contribution in [1.82, 2.24) is 0 Å². The Morgan fingerprint density at radius 1 is 1.00 bits per heavy atom. The molecule has 1 N–H and O–H groups in total. The average molecular weight is 629 g/mol. The van der Waals surface area contributed by atoms with Crippen molar-refractivity contribution < 1.29 is 14.6 Å². The van der Waals surface area contributed by atoms with Gasteiger partial charge in [-0.1, -0.05) is 77.2 Å². The van der Waals surface area contributed by atoms with Gasteiger partial charge in [-0.3, -0.25) is 0 Å². The molecule has 4 saturated carbocycles. The van der Waals surface area contributed by atoms with E-state index in [1.807, 2.05) is 7.11 Å². The first kappa shape index (κ1) is 35.0. The van der Waals surface area contributed by atoms with Crippen molar-refractivity contribution >= 4 is 12.6 Å². The van der Waals surface area contributed by atoms with Crippen LogP contribution in [0.2, 0.25) is 0 Å². The second-order valence-electron chi connectivity index (χ2n) is 16.7. The Balaban J connectivity index is 1.04. The summed E-state index contributed by atoms with van der Waals surface area (Å²) in [6.07, 6.45) is 21.9. The number of hydrogen-bond donors (Lipinski definition) is 2. The molecule has 252 valence electrons. The maximum absolute atomic E-state index is 11.4. The van der Waals surface area contributed by atoms with Crippen LogP contribution in [0.15, 0.2) is 24.3 Å². The number of unbranched alkanes of at least 4 members (excludes halogenated alkanes) is 2. The van der Waals surface area contributed by atoms with E-state index in [1.54, 1.807) is 0 Å². The van der Waals surface area contributed by atoms with Crippen LogP contribution >= 0.6 is 12.6 Å². The van der Waals surface area contributed by atoms with E-state index < -0.39 is 0 Å². The number of aliphatic hydroxyl groups is 1. The van der Waals surface area contributed by atoms with Gasteiger partial charge in [-0.05, 0) is 124 Å². The lowest BCUT2D eigenvalue weighted by Gasteiger charge is -2.51. The summed E-state index contributed by atoms with van der Waals surface area (Å²) in [6, 6.07) is 0. The van der Waals surface area contributed by atoms with E-state index in [9.17, 15) is 5.11 Å². The quantitative estimate of drug-likeness (QED) is 0.121. The fourth-order valence-electron chi connectivity index (χ4n) is 11.1. The van der Waals surface area contributed by atoms with Crippen molar-refractivity contribution in [2.24, 2.45) is 53.3 Å². The van der Waals surface area contributed by atoms with Crippen LogP contribution in [-0.4, -0.2) is 41.9 Å². The Kier molecular flexibility index (Phi) is 12.9. The van der Waals surface area contributed by atoms with Gasteiger partial charge in [-0.2, -0.15) is 12.6 Å². The number of hydrogen-bond acceptors (Lipinski definition) is 4. The van der Waals surface area contributed by atoms with Gasteiger partial charge >= 0.3 is 0 Å². The Bertz CT molecular complexity index is 934. The van der Waals surface area contributed by atoms with Crippen molar-refractivity contribution in [3.05, 3.63) is 24.3 Å². The van der Waals surface area contributed by atoms with E-state index >= 15 is 0 Å². The summed E-state index contributed by atoms with van der Waals surface area (Å²) in [5.41, 5.74) is 2.92. The van der Waals surface area contributed by atoms with Crippen LogP contribution in [0.25, 0.3) is 0 Å². The number of methoxy groups -OCH3 is 1. The minimum Gasteiger partial charge on any atom is -0.393 e. The summed E-state index contributed by atoms with van der Waals surface area (Å²) in [5, 5.41) is 12.0. The van der Waals surface area contributed by atoms with Crippen molar-refractivity contribution in [3.63, 3.8) is 0 Å². The van der Waals surface area contributed by atoms with Crippen LogP contribution in [0.5, 0.6) is 0 Å². The molecule has 5 fully saturated rings. The van der Waals surface area contributed by atoms with E-state index in [0.717, 1.165) is 73.5 Å². The highest BCUT2D eigenvalue weighted by Gasteiger charge is 2.46. The molecule has 0 aromatic carbocycles. The number of ether oxygens (including phenoxy) is 2. The van der Waals surface area contributed by atoms with E-state index in [2.05, 4.69) is 33.9 Å². The lowest BCUT2D eigenvalue weighted by molar-refractivity contribution is -0.188. The molecule has 1 saturated heterocycles. The van der Waals surface area contributed by atoms with Gasteiger partial charge in [0.1, 0.15) is 0 Å². The summed E-state index contributed by atoms with van der Waals surface area (Å²) in [7, 11) is 1.83. The van der Waals surface area contributed by atoms with Crippen molar-refractivity contribution in [2.75, 3.05) is 7.11 Å². The first-order valence-electron chi connectivity index (χ1n) is 19.0. The van der Waals surface area contributed by atoms with E-state index in [1.165, 1.54) is 94.6 Å². The molecule has 0 spiro atoms. The Morgan fingerprint density at radius 2 is 1.82 bits per heavy atom. The molecular formula is C40H68O3S. The highest BCUT2D eigenvalue weighted by molar-refractivity contribution is 7.81. The number of allylic oxidation sites excluding steroid dienone is 2. The second kappa shape index (κ2) is 16.2. The van der Waals surface area contributed by atoms with Gasteiger partial charge in [0.05, 0.1) is 24.4 Å². The summed E-state index contributed by atoms with van der Waals surface area (Å²) in [6.45, 7) is 16.3. The molecule has 4 aliphatic carbocycles. The zero-order valence-electron chi connectivity index (χ0n) is 28.9. The van der Waals surface area contributed by atoms with Gasteiger partial charge in [0, 0.05) is 24.7 Å². The molecule has 4 heteroatoms. The largest absolute Gasteiger partial charge is 0.393 e. The Hall–Kier alpha value is -0.290. The van der Waals surface area contributed by atoms with E-state index in [4.69, 9.17) is 22.1 Å². The lowest BCUT2D eigenvalue weighted by atomic mass is 9.56. The lowest BCUT2D eigenvalue weighted by Crippen LogP contribution is -2.51. The molecule has 3 nitrogen and oxygen atoms in total. The van der Waals surface area contributed by atoms with Gasteiger partial charge < -0.3 is 14.6 Å². The van der Waals surface area contributed by atoms with Crippen molar-refractivity contribution in [3.8, 4) is 0 Å². The third-order valence-electron chi connectivity index (χ3n) is 13.7. The molecule has 44 heavy (non-hydrogen) atoms. The minimum absolute atomic E-state index is 0.0314. The molecule has 14 atom stereocenters. The van der Waals surface area contributed by atoms with E-state index in [-0.39, 0.29) is 30.3 Å². The first-order valence-corrected chi connectivity index (χ1v) is 19.6. The highest BCUT2D eigenvalue weighted by Crippen LogP contribution is 2.53. The maximum Gasteiger partial charge on any atom is 0.0865 e. The SMILES string of the molecule is C=C1CCC(CCCCCC(OC)C2CC(O)C3CC(CC(=C)CC4[C@H](C)C[C@H]5CC(S)C(CC)C[C@H]5[C@@H]4C)CCC3O2)C1. The van der Waals surface area contributed by atoms with Crippen molar-refractivity contribution in [1.29, 1.82) is 0 Å². The fourth-order valence-corrected chi connectivity index (χ4v) is 11.7. The van der Waals surface area contributed by atoms with Crippen LogP contribution in [0.3, 0.4) is 0 Å². The molecule has 1 heterocycles. The molecule has 0 bridgehead atoms. The maximum atomic E-state index is 11.4. The van der Waals surface area contributed by atoms with Crippen LogP contribution in [0.1, 0.15) is 136 Å². The zero-order chi connectivity index (χ0) is 31.4. The molecule has 5 aliphatic rings. The van der Waals surface area contributed by atoms with E-state index in [0.29, 0.717) is 11.2 Å². The third kappa shape index (κ3) is 8.59. The summed E-state index contributed by atoms with van der Waals surface area (Å²) in [4.78, 5) is 0. The van der Waals surface area contributed by atoms with Crippen LogP contribution in [-0.2, 0) is 9.47 Å². The summed E-state index contributed by atoms with van der Waals surface area (Å²) >= 11 is 5.01. The monoisotopic (exact) mass is 628 g/mol. The van der Waals surface area contributed by atoms with Gasteiger partial charge in [0.25, 0.3) is 0 Å². The number of fused-ring (bicyclic) bond motifs is 2. The van der Waals surface area contributed by atoms with Crippen LogP contribution < -0.4 is 0 Å². The normalized spacial score (nSPS) is 43.3. The smallest absolute Gasteiger partial charge is 0.0865 e. The number of aliphatic hydroxyl groups excluding tert-OH is 1. The molecule has 0 aromatic heterocycles. The fraction of sp³-hybridized carbons (Fsp3) is 0.900. The standard InChI is InChI=1S/C40H68O3S/c1-7-31-22-34-28(5)33(27(4)20-32(34)23-40(31)44)19-26(3)18-30-15-16-37-35(21-30)36(41)24-39(43-37)38(42-6)12-10-8-9-11-29-14-13-25(2)17-29/h27-41,44H,2-3,7-24H2,1,4-6H3/t27-,28-,29?,30?,31?,32+,33?,34+,35?,36?,37?,38?,39?,40?/m1/s1. The average Bonchev–Trinajstić information content (AvgIpc) is 3.41. The molecule has 0 radical (unpaired) electrons. The van der Waals surface area contributed by atoms with Crippen molar-refractivity contribution in [2.45, 2.75) is 166 Å². The Labute approximate surface area is 277 Å². The minimum atomic E-state index is -0.272. The molecule has 1 aliphatic heterocycles. The predicted molar refractivity (Wildman–Crippen MR) is 188 cm³/mol. The summed E-state index contributed by atoms with van der Waals surface area (Å²) < 4.78 is 12.7. The number of rotatable bonds is 13. The molecule has 5 rings (SSSR count). The van der Waals surface area contributed by atoms with Gasteiger partial charge in [-0.15, -0.1) is 0 Å². The predicted octanol–water partition coefficient (Wildman–Crippen LogP) is 10.2. The molecule has 0 amide bonds. The highest BCUT2D eigenvalue weighted by atomic mass is 32.1. The van der Waals surface area contributed by atoms with Gasteiger partial charge in [-0.25, -0.2) is 0 Å². The molecule has 10 unspecified atom stereocenters. The molecular weight excluding hydrogens is 561 g/mol. The Morgan fingerprint density at radius 3 is 2.55 bits per heavy atom. The van der Waals surface area contributed by atoms with Crippen LogP contribution in [0.4, 0.5) is 0 Å². The van der Waals surface area contributed by atoms with Gasteiger partial charge in [0.15, 0.2) is 0 Å². The second-order valence-corrected chi connectivity index (χ2v) is 17.3. The topological polar surface area (TPSA) is 38.7 Å². The first-order chi connectivity index (χ1) is 21.2. The zero-order valence-corrected chi connectivity index (χ0v) is 29.8.